The van der Waals surface area contributed by atoms with E-state index in [9.17, 15) is 4.79 Å². The van der Waals surface area contributed by atoms with Crippen molar-refractivity contribution in [3.8, 4) is 5.75 Å². The minimum Gasteiger partial charge on any atom is -0.497 e. The van der Waals surface area contributed by atoms with Gasteiger partial charge in [0.25, 0.3) is 0 Å². The van der Waals surface area contributed by atoms with Crippen molar-refractivity contribution in [2.75, 3.05) is 17.9 Å². The number of rotatable bonds is 3. The first-order valence-electron chi connectivity index (χ1n) is 6.39. The zero-order chi connectivity index (χ0) is 14.7. The van der Waals surface area contributed by atoms with Crippen molar-refractivity contribution in [1.82, 2.24) is 9.66 Å². The van der Waals surface area contributed by atoms with Gasteiger partial charge in [0.05, 0.1) is 24.5 Å². The number of pyridine rings is 1. The smallest absolute Gasteiger partial charge is 0.338 e. The fourth-order valence-electron chi connectivity index (χ4n) is 2.05. The van der Waals surface area contributed by atoms with Crippen molar-refractivity contribution < 1.29 is 9.53 Å². The van der Waals surface area contributed by atoms with Gasteiger partial charge in [-0.05, 0) is 36.4 Å². The third-order valence-corrected chi connectivity index (χ3v) is 3.04. The molecule has 3 aromatic rings. The van der Waals surface area contributed by atoms with Gasteiger partial charge in [0.1, 0.15) is 5.75 Å². The average Bonchev–Trinajstić information content (AvgIpc) is 2.90. The Hall–Kier alpha value is -3.02. The van der Waals surface area contributed by atoms with E-state index in [1.807, 2.05) is 24.3 Å². The third-order valence-electron chi connectivity index (χ3n) is 3.04. The Kier molecular flexibility index (Phi) is 3.42. The molecular weight excluding hydrogens is 268 g/mol. The van der Waals surface area contributed by atoms with Gasteiger partial charge in [-0.2, -0.15) is 0 Å². The first-order valence-corrected chi connectivity index (χ1v) is 6.39. The first kappa shape index (κ1) is 13.0. The Morgan fingerprint density at radius 3 is 2.95 bits per heavy atom. The lowest BCUT2D eigenvalue weighted by atomic mass is 10.2. The van der Waals surface area contributed by atoms with Crippen LogP contribution >= 0.6 is 0 Å². The lowest BCUT2D eigenvalue weighted by Gasteiger charge is -2.09. The molecular formula is C15H14N4O2. The maximum atomic E-state index is 12.0. The maximum Gasteiger partial charge on any atom is 0.338 e. The van der Waals surface area contributed by atoms with E-state index in [1.54, 1.807) is 42.5 Å². The summed E-state index contributed by atoms with van der Waals surface area (Å²) in [5.41, 5.74) is 4.27. The Bertz CT molecular complexity index is 768. The van der Waals surface area contributed by atoms with Gasteiger partial charge in [-0.3, -0.25) is 9.66 Å². The number of fused-ring (bicyclic) bond motifs is 1. The summed E-state index contributed by atoms with van der Waals surface area (Å²) >= 11 is 0. The molecule has 0 fully saturated rings. The fraction of sp³-hybridized carbons (Fsp3) is 0.0667. The molecule has 0 aliphatic carbocycles. The van der Waals surface area contributed by atoms with Crippen LogP contribution in [0.3, 0.4) is 0 Å². The van der Waals surface area contributed by atoms with Gasteiger partial charge < -0.3 is 10.1 Å². The molecule has 106 valence electrons. The summed E-state index contributed by atoms with van der Waals surface area (Å²) in [5.74, 6) is 0.778. The molecule has 0 radical (unpaired) electrons. The predicted molar refractivity (Wildman–Crippen MR) is 81.1 cm³/mol. The number of nitrogens with one attached hydrogen (secondary N) is 2. The molecule has 0 aliphatic rings. The molecule has 0 atom stereocenters. The summed E-state index contributed by atoms with van der Waals surface area (Å²) in [4.78, 5) is 15.9. The molecule has 2 amide bonds. The van der Waals surface area contributed by atoms with Gasteiger partial charge in [0, 0.05) is 17.8 Å². The van der Waals surface area contributed by atoms with E-state index in [0.29, 0.717) is 5.69 Å². The normalized spacial score (nSPS) is 10.3. The van der Waals surface area contributed by atoms with Crippen molar-refractivity contribution in [2.45, 2.75) is 0 Å². The summed E-state index contributed by atoms with van der Waals surface area (Å²) in [5, 5.41) is 3.69. The van der Waals surface area contributed by atoms with Crippen LogP contribution in [0.2, 0.25) is 0 Å². The molecule has 0 bridgehead atoms. The monoisotopic (exact) mass is 282 g/mol. The lowest BCUT2D eigenvalue weighted by Crippen LogP contribution is -2.27. The zero-order valence-corrected chi connectivity index (χ0v) is 11.4. The van der Waals surface area contributed by atoms with Crippen LogP contribution in [-0.2, 0) is 0 Å². The number of ether oxygens (including phenoxy) is 1. The van der Waals surface area contributed by atoms with Crippen LogP contribution < -0.4 is 15.5 Å². The summed E-state index contributed by atoms with van der Waals surface area (Å²) in [6.45, 7) is 0. The standard InChI is InChI=1S/C15H14N4O2/c1-21-13-4-5-14-11(9-13)6-8-19(14)18-15(20)17-12-3-2-7-16-10-12/h2-10H,1H3,(H2,17,18,20). The van der Waals surface area contributed by atoms with Gasteiger partial charge in [0.15, 0.2) is 0 Å². The number of aromatic nitrogens is 2. The Morgan fingerprint density at radius 2 is 2.19 bits per heavy atom. The zero-order valence-electron chi connectivity index (χ0n) is 11.4. The Morgan fingerprint density at radius 1 is 1.29 bits per heavy atom. The number of benzene rings is 1. The second-order valence-corrected chi connectivity index (χ2v) is 4.42. The molecule has 0 spiro atoms. The largest absolute Gasteiger partial charge is 0.497 e. The molecule has 1 aromatic carbocycles. The van der Waals surface area contributed by atoms with Crippen molar-refractivity contribution in [2.24, 2.45) is 0 Å². The van der Waals surface area contributed by atoms with Crippen LogP contribution in [0.5, 0.6) is 5.75 Å². The highest BCUT2D eigenvalue weighted by Crippen LogP contribution is 2.21. The van der Waals surface area contributed by atoms with Crippen molar-refractivity contribution in [3.63, 3.8) is 0 Å². The maximum absolute atomic E-state index is 12.0. The predicted octanol–water partition coefficient (Wildman–Crippen LogP) is 2.82. The van der Waals surface area contributed by atoms with E-state index in [2.05, 4.69) is 15.7 Å². The number of methoxy groups -OCH3 is 1. The van der Waals surface area contributed by atoms with Crippen LogP contribution in [0.25, 0.3) is 10.9 Å². The Balaban J connectivity index is 1.77. The minimum absolute atomic E-state index is 0.337. The number of amides is 2. The van der Waals surface area contributed by atoms with Crippen molar-refractivity contribution >= 4 is 22.6 Å². The second kappa shape index (κ2) is 5.54. The van der Waals surface area contributed by atoms with Crippen LogP contribution in [0.4, 0.5) is 10.5 Å². The molecule has 6 nitrogen and oxygen atoms in total. The number of carbonyl (C=O) groups is 1. The van der Waals surface area contributed by atoms with Gasteiger partial charge in [-0.25, -0.2) is 10.2 Å². The van der Waals surface area contributed by atoms with Gasteiger partial charge in [-0.1, -0.05) is 0 Å². The number of nitrogens with zero attached hydrogens (tertiary/aromatic N) is 2. The van der Waals surface area contributed by atoms with Gasteiger partial charge >= 0.3 is 6.03 Å². The van der Waals surface area contributed by atoms with E-state index >= 15 is 0 Å². The highest BCUT2D eigenvalue weighted by Gasteiger charge is 2.06. The highest BCUT2D eigenvalue weighted by atomic mass is 16.5. The first-order chi connectivity index (χ1) is 10.3. The summed E-state index contributed by atoms with van der Waals surface area (Å²) < 4.78 is 6.83. The Labute approximate surface area is 121 Å². The molecule has 6 heteroatoms. The van der Waals surface area contributed by atoms with E-state index in [0.717, 1.165) is 16.7 Å². The molecule has 0 saturated carbocycles. The molecule has 2 N–H and O–H groups in total. The molecule has 3 rings (SSSR count). The number of hydrogen-bond acceptors (Lipinski definition) is 3. The summed E-state index contributed by atoms with van der Waals surface area (Å²) in [6.07, 6.45) is 5.01. The number of carbonyl (C=O) groups excluding carboxylic acids is 1. The topological polar surface area (TPSA) is 68.2 Å². The molecule has 2 aromatic heterocycles. The van der Waals surface area contributed by atoms with Crippen LogP contribution in [0.15, 0.2) is 55.0 Å². The van der Waals surface area contributed by atoms with E-state index in [1.165, 1.54) is 0 Å². The van der Waals surface area contributed by atoms with Crippen LogP contribution in [0.1, 0.15) is 0 Å². The van der Waals surface area contributed by atoms with Crippen molar-refractivity contribution in [3.05, 3.63) is 55.0 Å². The van der Waals surface area contributed by atoms with Crippen LogP contribution in [-0.4, -0.2) is 22.8 Å². The molecule has 21 heavy (non-hydrogen) atoms. The molecule has 0 aliphatic heterocycles. The summed E-state index contributed by atoms with van der Waals surface area (Å²) in [7, 11) is 1.62. The van der Waals surface area contributed by atoms with Crippen molar-refractivity contribution in [1.29, 1.82) is 0 Å². The quantitative estimate of drug-likeness (QED) is 0.776. The fourth-order valence-corrected chi connectivity index (χ4v) is 2.05. The van der Waals surface area contributed by atoms with Gasteiger partial charge in [0.2, 0.25) is 0 Å². The number of hydrogen-bond donors (Lipinski definition) is 2. The number of urea groups is 1. The summed E-state index contributed by atoms with van der Waals surface area (Å²) in [6, 6.07) is 10.7. The minimum atomic E-state index is -0.337. The molecule has 2 heterocycles. The SMILES string of the molecule is COc1ccc2c(ccn2NC(=O)Nc2cccnc2)c1. The van der Waals surface area contributed by atoms with E-state index < -0.39 is 0 Å². The highest BCUT2D eigenvalue weighted by molar-refractivity contribution is 5.96. The second-order valence-electron chi connectivity index (χ2n) is 4.42. The lowest BCUT2D eigenvalue weighted by molar-refractivity contribution is 0.260. The van der Waals surface area contributed by atoms with E-state index in [4.69, 9.17) is 4.74 Å². The molecule has 0 saturated heterocycles. The van der Waals surface area contributed by atoms with E-state index in [-0.39, 0.29) is 6.03 Å². The average molecular weight is 282 g/mol. The number of anilines is 1. The molecule has 0 unspecified atom stereocenters. The van der Waals surface area contributed by atoms with Crippen LogP contribution in [0, 0.1) is 0 Å². The third kappa shape index (κ3) is 2.79. The van der Waals surface area contributed by atoms with Gasteiger partial charge in [-0.15, -0.1) is 0 Å².